The van der Waals surface area contributed by atoms with Gasteiger partial charge < -0.3 is 15.4 Å². The number of carbonyl (C=O) groups is 2. The predicted molar refractivity (Wildman–Crippen MR) is 103 cm³/mol. The monoisotopic (exact) mass is 374 g/mol. The minimum absolute atomic E-state index is 0.124. The molecule has 1 aliphatic heterocycles. The second-order valence-corrected chi connectivity index (χ2v) is 8.67. The Balaban J connectivity index is 1.66. The van der Waals surface area contributed by atoms with Crippen LogP contribution < -0.4 is 20.7 Å². The Hall–Kier alpha value is -2.12. The van der Waals surface area contributed by atoms with Gasteiger partial charge in [-0.05, 0) is 65.4 Å². The van der Waals surface area contributed by atoms with Gasteiger partial charge in [0, 0.05) is 0 Å². The van der Waals surface area contributed by atoms with Crippen molar-refractivity contribution in [3.63, 3.8) is 0 Å². The van der Waals surface area contributed by atoms with E-state index in [4.69, 9.17) is 4.74 Å². The van der Waals surface area contributed by atoms with Crippen molar-refractivity contribution in [2.45, 2.75) is 63.5 Å². The third-order valence-corrected chi connectivity index (χ3v) is 4.82. The maximum Gasteiger partial charge on any atom is 0.238 e. The van der Waals surface area contributed by atoms with Crippen molar-refractivity contribution < 1.29 is 14.3 Å². The van der Waals surface area contributed by atoms with Crippen LogP contribution in [0, 0.1) is 0 Å². The van der Waals surface area contributed by atoms with E-state index in [9.17, 15) is 9.59 Å². The van der Waals surface area contributed by atoms with Crippen molar-refractivity contribution in [3.05, 3.63) is 29.8 Å². The third-order valence-electron chi connectivity index (χ3n) is 4.82. The highest BCUT2D eigenvalue weighted by Gasteiger charge is 2.47. The van der Waals surface area contributed by atoms with E-state index in [1.165, 1.54) is 0 Å². The zero-order valence-corrected chi connectivity index (χ0v) is 16.8. The Morgan fingerprint density at radius 3 is 2.37 bits per heavy atom. The standard InChI is InChI=1S/C20H30N4O3/c1-19(2,3)27-14-8-6-13(7-9-14)20(10-11-20)23-17(26)15-12-16(25)22-18(21-15)24(4)5/h6-9,15,18,21H,10-12H2,1-5H3,(H,22,25)(H,23,26). The van der Waals surface area contributed by atoms with Gasteiger partial charge in [0.05, 0.1) is 18.0 Å². The van der Waals surface area contributed by atoms with Gasteiger partial charge in [0.15, 0.2) is 0 Å². The predicted octanol–water partition coefficient (Wildman–Crippen LogP) is 1.29. The SMILES string of the molecule is CN(C)C1NC(=O)CC(C(=O)NC2(c3ccc(OC(C)(C)C)cc3)CC2)N1. The fourth-order valence-corrected chi connectivity index (χ4v) is 3.26. The van der Waals surface area contributed by atoms with E-state index >= 15 is 0 Å². The van der Waals surface area contributed by atoms with E-state index in [1.807, 2.05) is 64.0 Å². The van der Waals surface area contributed by atoms with Gasteiger partial charge in [-0.15, -0.1) is 0 Å². The number of ether oxygens (including phenoxy) is 1. The van der Waals surface area contributed by atoms with Crippen molar-refractivity contribution in [2.75, 3.05) is 14.1 Å². The molecule has 1 aliphatic carbocycles. The lowest BCUT2D eigenvalue weighted by molar-refractivity contribution is -0.134. The smallest absolute Gasteiger partial charge is 0.238 e. The molecule has 0 bridgehead atoms. The molecule has 3 rings (SSSR count). The number of hydrogen-bond acceptors (Lipinski definition) is 5. The van der Waals surface area contributed by atoms with E-state index in [2.05, 4.69) is 16.0 Å². The van der Waals surface area contributed by atoms with Crippen LogP contribution in [0.2, 0.25) is 0 Å². The Labute approximate surface area is 160 Å². The van der Waals surface area contributed by atoms with Gasteiger partial charge in [0.2, 0.25) is 11.8 Å². The Kier molecular flexibility index (Phi) is 5.18. The van der Waals surface area contributed by atoms with E-state index in [0.29, 0.717) is 0 Å². The summed E-state index contributed by atoms with van der Waals surface area (Å²) < 4.78 is 5.87. The number of carbonyl (C=O) groups excluding carboxylic acids is 2. The molecule has 0 radical (unpaired) electrons. The number of amides is 2. The number of benzene rings is 1. The lowest BCUT2D eigenvalue weighted by Crippen LogP contribution is -2.65. The van der Waals surface area contributed by atoms with Gasteiger partial charge in [0.1, 0.15) is 17.6 Å². The average Bonchev–Trinajstić information content (AvgIpc) is 3.34. The van der Waals surface area contributed by atoms with Crippen molar-refractivity contribution in [1.29, 1.82) is 0 Å². The lowest BCUT2D eigenvalue weighted by Gasteiger charge is -2.35. The summed E-state index contributed by atoms with van der Waals surface area (Å²) in [5.74, 6) is 0.554. The Morgan fingerprint density at radius 1 is 1.22 bits per heavy atom. The maximum absolute atomic E-state index is 12.8. The maximum atomic E-state index is 12.8. The van der Waals surface area contributed by atoms with Crippen LogP contribution in [-0.4, -0.2) is 48.7 Å². The first-order valence-corrected chi connectivity index (χ1v) is 9.41. The summed E-state index contributed by atoms with van der Waals surface area (Å²) in [5, 5.41) is 9.16. The molecule has 148 valence electrons. The lowest BCUT2D eigenvalue weighted by atomic mass is 10.0. The first-order chi connectivity index (χ1) is 12.6. The molecule has 7 nitrogen and oxygen atoms in total. The van der Waals surface area contributed by atoms with Crippen molar-refractivity contribution in [2.24, 2.45) is 0 Å². The third kappa shape index (κ3) is 4.78. The van der Waals surface area contributed by atoms with Crippen molar-refractivity contribution in [3.8, 4) is 5.75 Å². The molecule has 1 heterocycles. The molecular weight excluding hydrogens is 344 g/mol. The highest BCUT2D eigenvalue weighted by atomic mass is 16.5. The second kappa shape index (κ2) is 7.13. The Bertz CT molecular complexity index is 705. The molecule has 2 atom stereocenters. The van der Waals surface area contributed by atoms with Gasteiger partial charge in [-0.25, -0.2) is 0 Å². The second-order valence-electron chi connectivity index (χ2n) is 8.67. The highest BCUT2D eigenvalue weighted by Crippen LogP contribution is 2.46. The quantitative estimate of drug-likeness (QED) is 0.724. The largest absolute Gasteiger partial charge is 0.488 e. The van der Waals surface area contributed by atoms with Crippen LogP contribution in [0.15, 0.2) is 24.3 Å². The van der Waals surface area contributed by atoms with Crippen LogP contribution in [0.3, 0.4) is 0 Å². The van der Waals surface area contributed by atoms with Gasteiger partial charge in [-0.3, -0.25) is 19.8 Å². The summed E-state index contributed by atoms with van der Waals surface area (Å²) in [4.78, 5) is 26.6. The molecule has 1 saturated carbocycles. The minimum Gasteiger partial charge on any atom is -0.488 e. The molecule has 2 aliphatic rings. The molecule has 7 heteroatoms. The van der Waals surface area contributed by atoms with Crippen LogP contribution in [-0.2, 0) is 15.1 Å². The number of rotatable bonds is 5. The molecule has 2 fully saturated rings. The average molecular weight is 374 g/mol. The first kappa shape index (κ1) is 19.6. The Morgan fingerprint density at radius 2 is 1.85 bits per heavy atom. The van der Waals surface area contributed by atoms with Crippen molar-refractivity contribution in [1.82, 2.24) is 20.9 Å². The fraction of sp³-hybridized carbons (Fsp3) is 0.600. The topological polar surface area (TPSA) is 82.7 Å². The van der Waals surface area contributed by atoms with Crippen LogP contribution in [0.25, 0.3) is 0 Å². The van der Waals surface area contributed by atoms with Crippen LogP contribution in [0.5, 0.6) is 5.75 Å². The molecule has 1 saturated heterocycles. The fourth-order valence-electron chi connectivity index (χ4n) is 3.26. The molecule has 2 amide bonds. The van der Waals surface area contributed by atoms with E-state index in [1.54, 1.807) is 0 Å². The van der Waals surface area contributed by atoms with Crippen LogP contribution >= 0.6 is 0 Å². The molecule has 1 aromatic rings. The number of nitrogens with zero attached hydrogens (tertiary/aromatic N) is 1. The zero-order valence-electron chi connectivity index (χ0n) is 16.8. The van der Waals surface area contributed by atoms with E-state index in [-0.39, 0.29) is 35.7 Å². The van der Waals surface area contributed by atoms with Crippen LogP contribution in [0.1, 0.15) is 45.6 Å². The summed E-state index contributed by atoms with van der Waals surface area (Å²) >= 11 is 0. The zero-order chi connectivity index (χ0) is 19.8. The summed E-state index contributed by atoms with van der Waals surface area (Å²) in [7, 11) is 3.70. The van der Waals surface area contributed by atoms with Gasteiger partial charge >= 0.3 is 0 Å². The minimum atomic E-state index is -0.535. The summed E-state index contributed by atoms with van der Waals surface area (Å²) in [6, 6.07) is 7.38. The van der Waals surface area contributed by atoms with Crippen molar-refractivity contribution >= 4 is 11.8 Å². The molecule has 0 aromatic heterocycles. The molecule has 27 heavy (non-hydrogen) atoms. The van der Waals surface area contributed by atoms with Gasteiger partial charge in [-0.2, -0.15) is 0 Å². The molecule has 0 spiro atoms. The van der Waals surface area contributed by atoms with Gasteiger partial charge in [0.25, 0.3) is 0 Å². The molecule has 3 N–H and O–H groups in total. The summed E-state index contributed by atoms with van der Waals surface area (Å²) in [5.41, 5.74) is 0.491. The van der Waals surface area contributed by atoms with E-state index < -0.39 is 6.04 Å². The first-order valence-electron chi connectivity index (χ1n) is 9.41. The number of hydrogen-bond donors (Lipinski definition) is 3. The van der Waals surface area contributed by atoms with Gasteiger partial charge in [-0.1, -0.05) is 12.1 Å². The normalized spacial score (nSPS) is 24.3. The number of nitrogens with one attached hydrogen (secondary N) is 3. The molecule has 1 aromatic carbocycles. The van der Waals surface area contributed by atoms with Crippen LogP contribution in [0.4, 0.5) is 0 Å². The van der Waals surface area contributed by atoms with E-state index in [0.717, 1.165) is 24.2 Å². The highest BCUT2D eigenvalue weighted by molar-refractivity contribution is 5.90. The summed E-state index contributed by atoms with van der Waals surface area (Å²) in [6.07, 6.45) is 1.60. The summed E-state index contributed by atoms with van der Waals surface area (Å²) in [6.45, 7) is 6.04. The molecule has 2 unspecified atom stereocenters. The molecular formula is C20H30N4O3.